The normalized spacial score (nSPS) is 25.7. The molecular weight excluding hydrogens is 410 g/mol. The lowest BCUT2D eigenvalue weighted by Crippen LogP contribution is -2.32. The fourth-order valence-electron chi connectivity index (χ4n) is 5.48. The van der Waals surface area contributed by atoms with Crippen molar-refractivity contribution in [3.05, 3.63) is 59.7 Å². The van der Waals surface area contributed by atoms with Gasteiger partial charge in [-0.05, 0) is 79.6 Å². The van der Waals surface area contributed by atoms with Crippen LogP contribution in [0.2, 0.25) is 0 Å². The first kappa shape index (κ1) is 20.4. The Balaban J connectivity index is 1.23. The lowest BCUT2D eigenvalue weighted by atomic mass is 9.81. The summed E-state index contributed by atoms with van der Waals surface area (Å²) in [5, 5.41) is 0. The van der Waals surface area contributed by atoms with E-state index in [0.717, 1.165) is 19.3 Å². The fraction of sp³-hybridized carbons (Fsp3) is 0.360. The highest BCUT2D eigenvalue weighted by Gasteiger charge is 2.61. The quantitative estimate of drug-likeness (QED) is 0.395. The number of amides is 2. The number of ketones is 1. The van der Waals surface area contributed by atoms with Crippen molar-refractivity contribution < 1.29 is 28.7 Å². The van der Waals surface area contributed by atoms with E-state index in [9.17, 15) is 19.2 Å². The molecule has 0 N–H and O–H groups in total. The van der Waals surface area contributed by atoms with Crippen molar-refractivity contribution in [1.29, 1.82) is 0 Å². The highest BCUT2D eigenvalue weighted by atomic mass is 16.5. The average molecular weight is 433 g/mol. The van der Waals surface area contributed by atoms with Crippen molar-refractivity contribution in [3.8, 4) is 5.75 Å². The SMILES string of the molecule is COc1ccc(C(=O)COC(=O)c2ccc(N3C(=O)C4C5CCC(C5)C4C3=O)cc2)cc1. The van der Waals surface area contributed by atoms with Gasteiger partial charge < -0.3 is 9.47 Å². The first-order valence-corrected chi connectivity index (χ1v) is 10.8. The van der Waals surface area contributed by atoms with Crippen molar-refractivity contribution in [2.75, 3.05) is 18.6 Å². The van der Waals surface area contributed by atoms with Gasteiger partial charge in [0.05, 0.1) is 30.2 Å². The van der Waals surface area contributed by atoms with Crippen molar-refractivity contribution >= 4 is 29.3 Å². The number of anilines is 1. The molecular formula is C25H23NO6. The summed E-state index contributed by atoms with van der Waals surface area (Å²) in [4.78, 5) is 51.7. The molecule has 2 aromatic rings. The molecule has 3 aliphatic rings. The fourth-order valence-corrected chi connectivity index (χ4v) is 5.48. The van der Waals surface area contributed by atoms with Crippen molar-refractivity contribution in [2.24, 2.45) is 23.7 Å². The molecule has 2 amide bonds. The minimum atomic E-state index is -0.646. The van der Waals surface area contributed by atoms with Gasteiger partial charge in [-0.2, -0.15) is 0 Å². The van der Waals surface area contributed by atoms with Crippen molar-refractivity contribution in [1.82, 2.24) is 0 Å². The van der Waals surface area contributed by atoms with Gasteiger partial charge in [-0.3, -0.25) is 19.3 Å². The summed E-state index contributed by atoms with van der Waals surface area (Å²) in [7, 11) is 1.54. The Hall–Kier alpha value is -3.48. The summed E-state index contributed by atoms with van der Waals surface area (Å²) < 4.78 is 10.2. The van der Waals surface area contributed by atoms with Crippen LogP contribution in [0.5, 0.6) is 5.75 Å². The molecule has 0 spiro atoms. The highest BCUT2D eigenvalue weighted by Crippen LogP contribution is 2.56. The molecule has 0 radical (unpaired) electrons. The van der Waals surface area contributed by atoms with E-state index in [1.54, 1.807) is 36.4 Å². The lowest BCUT2D eigenvalue weighted by molar-refractivity contribution is -0.123. The summed E-state index contributed by atoms with van der Waals surface area (Å²) >= 11 is 0. The largest absolute Gasteiger partial charge is 0.497 e. The summed E-state index contributed by atoms with van der Waals surface area (Å²) in [5.74, 6) is -0.304. The third kappa shape index (κ3) is 3.28. The zero-order chi connectivity index (χ0) is 22.4. The van der Waals surface area contributed by atoms with E-state index in [-0.39, 0.29) is 41.6 Å². The van der Waals surface area contributed by atoms with E-state index in [2.05, 4.69) is 0 Å². The molecule has 1 aliphatic heterocycles. The first-order chi connectivity index (χ1) is 15.5. The minimum Gasteiger partial charge on any atom is -0.497 e. The third-order valence-corrected chi connectivity index (χ3v) is 7.04. The molecule has 5 rings (SSSR count). The maximum Gasteiger partial charge on any atom is 0.338 e. The Kier molecular flexibility index (Phi) is 5.04. The molecule has 2 aliphatic carbocycles. The van der Waals surface area contributed by atoms with Gasteiger partial charge >= 0.3 is 5.97 Å². The zero-order valence-electron chi connectivity index (χ0n) is 17.7. The van der Waals surface area contributed by atoms with Crippen molar-refractivity contribution in [3.63, 3.8) is 0 Å². The number of ether oxygens (including phenoxy) is 2. The molecule has 3 fully saturated rings. The van der Waals surface area contributed by atoms with E-state index >= 15 is 0 Å². The highest BCUT2D eigenvalue weighted by molar-refractivity contribution is 6.22. The van der Waals surface area contributed by atoms with Crippen LogP contribution in [0.4, 0.5) is 5.69 Å². The molecule has 7 nitrogen and oxygen atoms in total. The number of hydrogen-bond donors (Lipinski definition) is 0. The van der Waals surface area contributed by atoms with Crippen LogP contribution in [0.15, 0.2) is 48.5 Å². The van der Waals surface area contributed by atoms with Gasteiger partial charge in [-0.1, -0.05) is 0 Å². The topological polar surface area (TPSA) is 90.0 Å². The van der Waals surface area contributed by atoms with Crippen LogP contribution in [-0.4, -0.2) is 37.3 Å². The maximum absolute atomic E-state index is 12.9. The van der Waals surface area contributed by atoms with Crippen LogP contribution in [-0.2, 0) is 14.3 Å². The molecule has 2 aromatic carbocycles. The Bertz CT molecular complexity index is 1060. The van der Waals surface area contributed by atoms with Crippen LogP contribution in [0.1, 0.15) is 40.0 Å². The summed E-state index contributed by atoms with van der Waals surface area (Å²) in [6, 6.07) is 12.7. The molecule has 4 unspecified atom stereocenters. The van der Waals surface area contributed by atoms with Crippen LogP contribution in [0.3, 0.4) is 0 Å². The Morgan fingerprint density at radius 1 is 0.875 bits per heavy atom. The van der Waals surface area contributed by atoms with Crippen LogP contribution in [0, 0.1) is 23.7 Å². The number of fused-ring (bicyclic) bond motifs is 5. The lowest BCUT2D eigenvalue weighted by Gasteiger charge is -2.19. The Labute approximate surface area is 185 Å². The van der Waals surface area contributed by atoms with E-state index in [1.807, 2.05) is 0 Å². The monoisotopic (exact) mass is 433 g/mol. The number of imide groups is 1. The number of carbonyl (C=O) groups is 4. The molecule has 1 heterocycles. The predicted molar refractivity (Wildman–Crippen MR) is 114 cm³/mol. The summed E-state index contributed by atoms with van der Waals surface area (Å²) in [5.41, 5.74) is 1.13. The van der Waals surface area contributed by atoms with E-state index in [4.69, 9.17) is 9.47 Å². The van der Waals surface area contributed by atoms with Gasteiger partial charge in [0, 0.05) is 5.56 Å². The number of esters is 1. The van der Waals surface area contributed by atoms with Crippen LogP contribution < -0.4 is 9.64 Å². The standard InChI is InChI=1S/C25H23NO6/c1-31-19-10-6-14(7-11-19)20(27)13-32-25(30)15-4-8-18(9-5-15)26-23(28)21-16-2-3-17(12-16)22(21)24(26)29/h4-11,16-17,21-22H,2-3,12-13H2,1H3. The maximum atomic E-state index is 12.9. The van der Waals surface area contributed by atoms with E-state index < -0.39 is 5.97 Å². The number of rotatable bonds is 6. The number of Topliss-reactive ketones (excluding diaryl/α,β-unsaturated/α-hetero) is 1. The predicted octanol–water partition coefficient (Wildman–Crippen LogP) is 3.27. The second kappa shape index (κ2) is 7.89. The number of benzene rings is 2. The zero-order valence-corrected chi connectivity index (χ0v) is 17.7. The Morgan fingerprint density at radius 2 is 1.44 bits per heavy atom. The van der Waals surface area contributed by atoms with Gasteiger partial charge in [0.1, 0.15) is 5.75 Å². The smallest absolute Gasteiger partial charge is 0.338 e. The first-order valence-electron chi connectivity index (χ1n) is 10.8. The number of carbonyl (C=O) groups excluding carboxylic acids is 4. The molecule has 1 saturated heterocycles. The molecule has 7 heteroatoms. The molecule has 32 heavy (non-hydrogen) atoms. The minimum absolute atomic E-state index is 0.118. The number of hydrogen-bond acceptors (Lipinski definition) is 6. The van der Waals surface area contributed by atoms with Gasteiger partial charge in [0.15, 0.2) is 12.4 Å². The number of methoxy groups -OCH3 is 1. The summed E-state index contributed by atoms with van der Waals surface area (Å²) in [6.45, 7) is -0.387. The number of nitrogens with zero attached hydrogens (tertiary/aromatic N) is 1. The van der Waals surface area contributed by atoms with Gasteiger partial charge in [-0.25, -0.2) is 4.79 Å². The third-order valence-electron chi connectivity index (χ3n) is 7.04. The second-order valence-electron chi connectivity index (χ2n) is 8.67. The summed E-state index contributed by atoms with van der Waals surface area (Å²) in [6.07, 6.45) is 3.04. The molecule has 164 valence electrons. The molecule has 2 saturated carbocycles. The molecule has 0 aromatic heterocycles. The van der Waals surface area contributed by atoms with E-state index in [1.165, 1.54) is 24.1 Å². The molecule has 4 atom stereocenters. The molecule has 2 bridgehead atoms. The Morgan fingerprint density at radius 3 is 2.00 bits per heavy atom. The van der Waals surface area contributed by atoms with Gasteiger partial charge in [-0.15, -0.1) is 0 Å². The van der Waals surface area contributed by atoms with Crippen molar-refractivity contribution in [2.45, 2.75) is 19.3 Å². The van der Waals surface area contributed by atoms with Gasteiger partial charge in [0.2, 0.25) is 11.8 Å². The van der Waals surface area contributed by atoms with E-state index in [0.29, 0.717) is 28.8 Å². The van der Waals surface area contributed by atoms with Crippen LogP contribution >= 0.6 is 0 Å². The average Bonchev–Trinajstić information content (AvgIpc) is 3.51. The second-order valence-corrected chi connectivity index (χ2v) is 8.67. The van der Waals surface area contributed by atoms with Crippen LogP contribution in [0.25, 0.3) is 0 Å². The van der Waals surface area contributed by atoms with Gasteiger partial charge in [0.25, 0.3) is 0 Å².